The van der Waals surface area contributed by atoms with Gasteiger partial charge in [0.15, 0.2) is 0 Å². The number of hydrazine groups is 1. The fourth-order valence-electron chi connectivity index (χ4n) is 2.85. The summed E-state index contributed by atoms with van der Waals surface area (Å²) in [6.45, 7) is 0. The van der Waals surface area contributed by atoms with Gasteiger partial charge in [0.25, 0.3) is 5.91 Å². The molecule has 0 aliphatic carbocycles. The average molecular weight is 428 g/mol. The average Bonchev–Trinajstić information content (AvgIpc) is 3.07. The Kier molecular flexibility index (Phi) is 5.47. The molecule has 1 heterocycles. The second-order valence-electron chi connectivity index (χ2n) is 6.16. The number of carbonyl (C=O) groups is 1. The highest BCUT2D eigenvalue weighted by atomic mass is 19.4. The number of halogens is 6. The molecule has 0 aromatic heterocycles. The van der Waals surface area contributed by atoms with Gasteiger partial charge in [0.05, 0.1) is 11.3 Å². The Morgan fingerprint density at radius 2 is 1.47 bits per heavy atom. The number of nitrogens with zero attached hydrogens (tertiary/aromatic N) is 3. The Bertz CT molecular complexity index is 970. The van der Waals surface area contributed by atoms with Crippen LogP contribution in [0.1, 0.15) is 5.56 Å². The van der Waals surface area contributed by atoms with Crippen LogP contribution < -0.4 is 10.7 Å². The summed E-state index contributed by atoms with van der Waals surface area (Å²) in [7, 11) is 0. The minimum absolute atomic E-state index is 0.134. The number of aliphatic imine (C=N–C) groups is 1. The van der Waals surface area contributed by atoms with Crippen LogP contribution in [0, 0.1) is 0 Å². The van der Waals surface area contributed by atoms with Crippen molar-refractivity contribution >= 4 is 23.0 Å². The van der Waals surface area contributed by atoms with E-state index in [-0.39, 0.29) is 16.3 Å². The monoisotopic (exact) mass is 428 g/mol. The summed E-state index contributed by atoms with van der Waals surface area (Å²) in [6, 6.07) is 14.0. The number of rotatable bonds is 4. The SMILES string of the molecule is NC(=O)C(=CN1C(C(F)(F)F)=NC(C(F)(F)F)N1c1ccccc1)c1ccccc1. The Labute approximate surface area is 166 Å². The van der Waals surface area contributed by atoms with E-state index >= 15 is 0 Å². The van der Waals surface area contributed by atoms with Crippen LogP contribution in [-0.2, 0) is 4.79 Å². The first kappa shape index (κ1) is 21.2. The van der Waals surface area contributed by atoms with E-state index in [0.717, 1.165) is 0 Å². The van der Waals surface area contributed by atoms with Crippen molar-refractivity contribution in [3.63, 3.8) is 0 Å². The first-order valence-electron chi connectivity index (χ1n) is 8.42. The van der Waals surface area contributed by atoms with Crippen LogP contribution in [0.15, 0.2) is 71.9 Å². The molecule has 0 saturated heterocycles. The highest BCUT2D eigenvalue weighted by Gasteiger charge is 2.56. The Hall–Kier alpha value is -3.50. The first-order chi connectivity index (χ1) is 14.0. The van der Waals surface area contributed by atoms with Gasteiger partial charge >= 0.3 is 12.4 Å². The van der Waals surface area contributed by atoms with Crippen molar-refractivity contribution in [2.24, 2.45) is 10.7 Å². The largest absolute Gasteiger partial charge is 0.451 e. The summed E-state index contributed by atoms with van der Waals surface area (Å²) in [5, 5.41) is 0.481. The normalized spacial score (nSPS) is 17.9. The van der Waals surface area contributed by atoms with Crippen molar-refractivity contribution in [3.8, 4) is 0 Å². The van der Waals surface area contributed by atoms with E-state index in [0.29, 0.717) is 11.2 Å². The zero-order chi connectivity index (χ0) is 22.1. The van der Waals surface area contributed by atoms with Gasteiger partial charge in [0.2, 0.25) is 12.0 Å². The number of hydrogen-bond acceptors (Lipinski definition) is 4. The molecule has 0 saturated carbocycles. The minimum atomic E-state index is -5.23. The number of alkyl halides is 6. The number of nitrogens with two attached hydrogens (primary N) is 1. The van der Waals surface area contributed by atoms with Crippen LogP contribution in [0.25, 0.3) is 5.57 Å². The number of primary amides is 1. The molecule has 1 amide bonds. The summed E-state index contributed by atoms with van der Waals surface area (Å²) in [5.74, 6) is -2.95. The van der Waals surface area contributed by atoms with E-state index in [2.05, 4.69) is 4.99 Å². The molecule has 2 aromatic rings. The zero-order valence-electron chi connectivity index (χ0n) is 15.0. The van der Waals surface area contributed by atoms with Crippen LogP contribution in [-0.4, -0.2) is 35.3 Å². The molecule has 1 aliphatic heterocycles. The topological polar surface area (TPSA) is 61.9 Å². The lowest BCUT2D eigenvalue weighted by Crippen LogP contribution is -2.50. The standard InChI is InChI=1S/C19H14F6N4O/c20-18(21,22)16-27-17(19(23,24)25)29(13-9-5-2-6-10-13)28(16)11-14(15(26)30)12-7-3-1-4-8-12/h1-11,17H,(H2,26,30). The molecule has 1 atom stereocenters. The molecular weight excluding hydrogens is 414 g/mol. The second kappa shape index (κ2) is 7.73. The second-order valence-corrected chi connectivity index (χ2v) is 6.16. The number of benzene rings is 2. The Morgan fingerprint density at radius 1 is 0.933 bits per heavy atom. The van der Waals surface area contributed by atoms with E-state index in [4.69, 9.17) is 5.73 Å². The molecule has 30 heavy (non-hydrogen) atoms. The van der Waals surface area contributed by atoms with Gasteiger partial charge in [0.1, 0.15) is 0 Å². The molecule has 158 valence electrons. The third kappa shape index (κ3) is 4.24. The maximum Gasteiger partial charge on any atom is 0.451 e. The van der Waals surface area contributed by atoms with Gasteiger partial charge < -0.3 is 5.73 Å². The summed E-state index contributed by atoms with van der Waals surface area (Å²) in [5.41, 5.74) is 4.81. The molecule has 1 aliphatic rings. The highest BCUT2D eigenvalue weighted by molar-refractivity contribution is 6.19. The smallest absolute Gasteiger partial charge is 0.366 e. The van der Waals surface area contributed by atoms with Crippen LogP contribution in [0.3, 0.4) is 0 Å². The highest BCUT2D eigenvalue weighted by Crippen LogP contribution is 2.39. The van der Waals surface area contributed by atoms with Gasteiger partial charge in [-0.2, -0.15) is 26.3 Å². The molecule has 2 aromatic carbocycles. The van der Waals surface area contributed by atoms with Crippen molar-refractivity contribution in [2.45, 2.75) is 18.5 Å². The lowest BCUT2D eigenvalue weighted by atomic mass is 10.1. The van der Waals surface area contributed by atoms with E-state index in [9.17, 15) is 31.1 Å². The molecular formula is C19H14F6N4O. The van der Waals surface area contributed by atoms with Crippen LogP contribution in [0.2, 0.25) is 0 Å². The number of amidine groups is 1. The van der Waals surface area contributed by atoms with E-state index in [1.54, 1.807) is 6.07 Å². The summed E-state index contributed by atoms with van der Waals surface area (Å²) < 4.78 is 81.6. The maximum absolute atomic E-state index is 13.6. The molecule has 0 spiro atoms. The number of hydrogen-bond donors (Lipinski definition) is 1. The van der Waals surface area contributed by atoms with E-state index in [1.807, 2.05) is 0 Å². The fourth-order valence-corrected chi connectivity index (χ4v) is 2.85. The molecule has 3 rings (SSSR count). The van der Waals surface area contributed by atoms with Crippen molar-refractivity contribution in [1.29, 1.82) is 0 Å². The van der Waals surface area contributed by atoms with Crippen molar-refractivity contribution < 1.29 is 31.1 Å². The quantitative estimate of drug-likeness (QED) is 0.589. The number of carbonyl (C=O) groups excluding carboxylic acids is 1. The molecule has 0 fully saturated rings. The van der Waals surface area contributed by atoms with Gasteiger partial charge in [-0.1, -0.05) is 48.5 Å². The van der Waals surface area contributed by atoms with Crippen molar-refractivity contribution in [3.05, 3.63) is 72.4 Å². The third-order valence-corrected chi connectivity index (χ3v) is 4.09. The first-order valence-corrected chi connectivity index (χ1v) is 8.42. The van der Waals surface area contributed by atoms with Gasteiger partial charge in [-0.25, -0.2) is 15.0 Å². The van der Waals surface area contributed by atoms with E-state index < -0.39 is 35.8 Å². The molecule has 0 radical (unpaired) electrons. The Balaban J connectivity index is 2.23. The maximum atomic E-state index is 13.6. The lowest BCUT2D eigenvalue weighted by Gasteiger charge is -2.34. The molecule has 1 unspecified atom stereocenters. The summed E-state index contributed by atoms with van der Waals surface area (Å²) in [6.07, 6.45) is -12.6. The minimum Gasteiger partial charge on any atom is -0.366 e. The third-order valence-electron chi connectivity index (χ3n) is 4.09. The Morgan fingerprint density at radius 3 is 1.93 bits per heavy atom. The fraction of sp³-hybridized carbons (Fsp3) is 0.158. The summed E-state index contributed by atoms with van der Waals surface area (Å²) >= 11 is 0. The van der Waals surface area contributed by atoms with Gasteiger partial charge in [-0.15, -0.1) is 0 Å². The van der Waals surface area contributed by atoms with Crippen molar-refractivity contribution in [2.75, 3.05) is 5.01 Å². The predicted octanol–water partition coefficient (Wildman–Crippen LogP) is 4.10. The molecule has 11 heteroatoms. The van der Waals surface area contributed by atoms with Gasteiger partial charge in [-0.05, 0) is 17.7 Å². The number of para-hydroxylation sites is 1. The molecule has 5 nitrogen and oxygen atoms in total. The van der Waals surface area contributed by atoms with Gasteiger partial charge in [-0.3, -0.25) is 4.79 Å². The van der Waals surface area contributed by atoms with Crippen LogP contribution in [0.4, 0.5) is 32.0 Å². The molecule has 2 N–H and O–H groups in total. The lowest BCUT2D eigenvalue weighted by molar-refractivity contribution is -0.148. The zero-order valence-corrected chi connectivity index (χ0v) is 15.0. The van der Waals surface area contributed by atoms with E-state index in [1.165, 1.54) is 54.6 Å². The van der Waals surface area contributed by atoms with Crippen LogP contribution in [0.5, 0.6) is 0 Å². The molecule has 0 bridgehead atoms. The summed E-state index contributed by atoms with van der Waals surface area (Å²) in [4.78, 5) is 14.8. The number of amides is 1. The van der Waals surface area contributed by atoms with Gasteiger partial charge in [0, 0.05) is 6.20 Å². The number of anilines is 1. The van der Waals surface area contributed by atoms with Crippen LogP contribution >= 0.6 is 0 Å². The predicted molar refractivity (Wildman–Crippen MR) is 97.7 cm³/mol. The van der Waals surface area contributed by atoms with Crippen molar-refractivity contribution in [1.82, 2.24) is 5.01 Å².